The Bertz CT molecular complexity index is 344. The minimum Gasteiger partial charge on any atom is -0.303 e. The summed E-state index contributed by atoms with van der Waals surface area (Å²) in [6.45, 7) is 5.84. The van der Waals surface area contributed by atoms with Crippen LogP contribution in [0.1, 0.15) is 31.2 Å². The van der Waals surface area contributed by atoms with Crippen molar-refractivity contribution in [2.45, 2.75) is 26.7 Å². The number of carbonyl (C=O) groups is 1. The Balaban J connectivity index is 3.22. The number of halogens is 1. The quantitative estimate of drug-likeness (QED) is 0.724. The first-order valence-corrected chi connectivity index (χ1v) is 5.01. The van der Waals surface area contributed by atoms with Gasteiger partial charge in [-0.1, -0.05) is 25.4 Å². The second kappa shape index (κ2) is 4.13. The molecule has 1 atom stereocenters. The SMILES string of the molecule is Cc1nn(C)c(C(C=O)C(C)C)c1Cl. The van der Waals surface area contributed by atoms with E-state index in [0.29, 0.717) is 5.02 Å². The highest BCUT2D eigenvalue weighted by molar-refractivity contribution is 6.32. The van der Waals surface area contributed by atoms with Gasteiger partial charge in [0.2, 0.25) is 0 Å². The molecule has 0 bridgehead atoms. The Kier molecular flexibility index (Phi) is 3.32. The average molecular weight is 215 g/mol. The Labute approximate surface area is 89.1 Å². The van der Waals surface area contributed by atoms with Crippen LogP contribution < -0.4 is 0 Å². The van der Waals surface area contributed by atoms with E-state index in [0.717, 1.165) is 17.7 Å². The summed E-state index contributed by atoms with van der Waals surface area (Å²) >= 11 is 6.09. The zero-order valence-corrected chi connectivity index (χ0v) is 9.67. The lowest BCUT2D eigenvalue weighted by molar-refractivity contribution is -0.110. The molecule has 1 unspecified atom stereocenters. The fourth-order valence-electron chi connectivity index (χ4n) is 1.55. The van der Waals surface area contributed by atoms with E-state index in [4.69, 9.17) is 11.6 Å². The van der Waals surface area contributed by atoms with E-state index in [9.17, 15) is 4.79 Å². The van der Waals surface area contributed by atoms with Crippen molar-refractivity contribution in [2.75, 3.05) is 0 Å². The maximum Gasteiger partial charge on any atom is 0.129 e. The molecule has 0 aromatic carbocycles. The molecule has 0 aliphatic heterocycles. The number of aromatic nitrogens is 2. The molecule has 0 aliphatic carbocycles. The number of nitrogens with zero attached hydrogens (tertiary/aromatic N) is 2. The van der Waals surface area contributed by atoms with E-state index in [2.05, 4.69) is 5.10 Å². The van der Waals surface area contributed by atoms with Gasteiger partial charge >= 0.3 is 0 Å². The van der Waals surface area contributed by atoms with Crippen LogP contribution in [0.15, 0.2) is 0 Å². The summed E-state index contributed by atoms with van der Waals surface area (Å²) in [6, 6.07) is 0. The van der Waals surface area contributed by atoms with Crippen LogP contribution in [0.3, 0.4) is 0 Å². The van der Waals surface area contributed by atoms with Gasteiger partial charge in [-0.2, -0.15) is 5.10 Å². The zero-order chi connectivity index (χ0) is 10.9. The number of aryl methyl sites for hydroxylation is 2. The molecule has 0 radical (unpaired) electrons. The van der Waals surface area contributed by atoms with Crippen LogP contribution in [0.5, 0.6) is 0 Å². The van der Waals surface area contributed by atoms with Gasteiger partial charge in [-0.05, 0) is 12.8 Å². The predicted molar refractivity (Wildman–Crippen MR) is 56.6 cm³/mol. The van der Waals surface area contributed by atoms with Crippen molar-refractivity contribution in [1.82, 2.24) is 9.78 Å². The molecule has 1 heterocycles. The normalized spacial score (nSPS) is 13.3. The second-order valence-corrected chi connectivity index (χ2v) is 4.19. The maximum atomic E-state index is 11.0. The first-order valence-electron chi connectivity index (χ1n) is 4.63. The monoisotopic (exact) mass is 214 g/mol. The van der Waals surface area contributed by atoms with Crippen LogP contribution in [0.4, 0.5) is 0 Å². The molecule has 1 rings (SSSR count). The smallest absolute Gasteiger partial charge is 0.129 e. The van der Waals surface area contributed by atoms with Gasteiger partial charge in [-0.15, -0.1) is 0 Å². The van der Waals surface area contributed by atoms with E-state index in [-0.39, 0.29) is 11.8 Å². The molecule has 0 spiro atoms. The van der Waals surface area contributed by atoms with Crippen LogP contribution >= 0.6 is 11.6 Å². The Morgan fingerprint density at radius 3 is 2.36 bits per heavy atom. The first-order chi connectivity index (χ1) is 6.49. The van der Waals surface area contributed by atoms with Gasteiger partial charge in [0.1, 0.15) is 6.29 Å². The van der Waals surface area contributed by atoms with Crippen LogP contribution in [0.2, 0.25) is 5.02 Å². The van der Waals surface area contributed by atoms with Gasteiger partial charge in [0.05, 0.1) is 22.3 Å². The molecular formula is C10H15ClN2O. The summed E-state index contributed by atoms with van der Waals surface area (Å²) in [5.74, 6) is 0.0634. The van der Waals surface area contributed by atoms with Crippen LogP contribution in [-0.4, -0.2) is 16.1 Å². The molecule has 78 valence electrons. The molecule has 1 aromatic rings. The molecular weight excluding hydrogens is 200 g/mol. The standard InChI is InChI=1S/C10H15ClN2O/c1-6(2)8(5-14)10-9(11)7(3)12-13(10)4/h5-6,8H,1-4H3. The molecule has 0 aliphatic rings. The van der Waals surface area contributed by atoms with Crippen molar-refractivity contribution in [1.29, 1.82) is 0 Å². The van der Waals surface area contributed by atoms with Crippen molar-refractivity contribution in [3.8, 4) is 0 Å². The van der Waals surface area contributed by atoms with Gasteiger partial charge < -0.3 is 4.79 Å². The highest BCUT2D eigenvalue weighted by Crippen LogP contribution is 2.30. The third-order valence-electron chi connectivity index (χ3n) is 2.37. The summed E-state index contributed by atoms with van der Waals surface area (Å²) in [5, 5.41) is 4.80. The molecule has 0 N–H and O–H groups in total. The molecule has 14 heavy (non-hydrogen) atoms. The number of hydrogen-bond acceptors (Lipinski definition) is 2. The highest BCUT2D eigenvalue weighted by Gasteiger charge is 2.23. The molecule has 0 fully saturated rings. The summed E-state index contributed by atoms with van der Waals surface area (Å²) < 4.78 is 1.69. The van der Waals surface area contributed by atoms with E-state index >= 15 is 0 Å². The van der Waals surface area contributed by atoms with Crippen molar-refractivity contribution in [3.05, 3.63) is 16.4 Å². The van der Waals surface area contributed by atoms with Crippen LogP contribution in [0.25, 0.3) is 0 Å². The first kappa shape index (κ1) is 11.2. The largest absolute Gasteiger partial charge is 0.303 e. The number of carbonyl (C=O) groups excluding carboxylic acids is 1. The van der Waals surface area contributed by atoms with Crippen molar-refractivity contribution >= 4 is 17.9 Å². The Morgan fingerprint density at radius 2 is 2.07 bits per heavy atom. The van der Waals surface area contributed by atoms with Gasteiger partial charge in [-0.25, -0.2) is 0 Å². The summed E-state index contributed by atoms with van der Waals surface area (Å²) in [6.07, 6.45) is 0.938. The molecule has 0 saturated heterocycles. The number of aldehydes is 1. The molecule has 4 heteroatoms. The summed E-state index contributed by atoms with van der Waals surface area (Å²) in [4.78, 5) is 11.0. The number of hydrogen-bond donors (Lipinski definition) is 0. The number of rotatable bonds is 3. The minimum atomic E-state index is -0.173. The predicted octanol–water partition coefficient (Wildman–Crippen LogP) is 2.32. The Morgan fingerprint density at radius 1 is 1.50 bits per heavy atom. The lowest BCUT2D eigenvalue weighted by Gasteiger charge is -2.14. The zero-order valence-electron chi connectivity index (χ0n) is 8.91. The van der Waals surface area contributed by atoms with Gasteiger partial charge in [0.25, 0.3) is 0 Å². The average Bonchev–Trinajstić information content (AvgIpc) is 2.32. The Hall–Kier alpha value is -0.830. The third kappa shape index (κ3) is 1.82. The van der Waals surface area contributed by atoms with Crippen molar-refractivity contribution in [2.24, 2.45) is 13.0 Å². The molecule has 0 amide bonds. The summed E-state index contributed by atoms with van der Waals surface area (Å²) in [7, 11) is 1.81. The van der Waals surface area contributed by atoms with Gasteiger partial charge in [-0.3, -0.25) is 4.68 Å². The van der Waals surface area contributed by atoms with Crippen LogP contribution in [0, 0.1) is 12.8 Å². The van der Waals surface area contributed by atoms with E-state index in [1.165, 1.54) is 0 Å². The topological polar surface area (TPSA) is 34.9 Å². The highest BCUT2D eigenvalue weighted by atomic mass is 35.5. The van der Waals surface area contributed by atoms with Gasteiger partial charge in [0, 0.05) is 7.05 Å². The summed E-state index contributed by atoms with van der Waals surface area (Å²) in [5.41, 5.74) is 1.59. The molecule has 3 nitrogen and oxygen atoms in total. The maximum absolute atomic E-state index is 11.0. The fraction of sp³-hybridized carbons (Fsp3) is 0.600. The van der Waals surface area contributed by atoms with E-state index in [1.807, 2.05) is 27.8 Å². The molecule has 1 aromatic heterocycles. The van der Waals surface area contributed by atoms with Crippen molar-refractivity contribution < 1.29 is 4.79 Å². The minimum absolute atomic E-state index is 0.173. The lowest BCUT2D eigenvalue weighted by atomic mass is 9.94. The fourth-order valence-corrected chi connectivity index (χ4v) is 1.84. The second-order valence-electron chi connectivity index (χ2n) is 3.81. The lowest BCUT2D eigenvalue weighted by Crippen LogP contribution is -2.13. The van der Waals surface area contributed by atoms with Gasteiger partial charge in [0.15, 0.2) is 0 Å². The third-order valence-corrected chi connectivity index (χ3v) is 2.84. The van der Waals surface area contributed by atoms with E-state index < -0.39 is 0 Å². The van der Waals surface area contributed by atoms with E-state index in [1.54, 1.807) is 4.68 Å². The van der Waals surface area contributed by atoms with Crippen LogP contribution in [-0.2, 0) is 11.8 Å². The molecule has 0 saturated carbocycles. The van der Waals surface area contributed by atoms with Crippen molar-refractivity contribution in [3.63, 3.8) is 0 Å².